The minimum atomic E-state index is -1.05. The summed E-state index contributed by atoms with van der Waals surface area (Å²) in [6.45, 7) is 0.956. The summed E-state index contributed by atoms with van der Waals surface area (Å²) in [7, 11) is 0. The molecule has 0 aromatic carbocycles. The van der Waals surface area contributed by atoms with E-state index in [9.17, 15) is 4.79 Å². The van der Waals surface area contributed by atoms with E-state index >= 15 is 4.39 Å². The standard InChI is InChI=1S/C25H29FN8O2/c26-21-23(29-17-6-4-16(5-7-17)8-11-27)31-22(19-15-28-34-12-2-1-3-20(19)34)32-24(21)33-13-9-18(10-14-33)30-25(35)36/h1-3,12,15-18,30H,4-10,13-14H2,(H,35,36)(H,29,31,32)/t16-,17-. The molecule has 2 aliphatic rings. The van der Waals surface area contributed by atoms with Gasteiger partial charge in [0, 0.05) is 37.8 Å². The number of hydrogen-bond acceptors (Lipinski definition) is 7. The SMILES string of the molecule is N#CC[C@H]1CC[C@H](Nc2nc(-c3cnn4ccccc34)nc(N3CCC(NC(=O)O)CC3)c2F)CC1. The van der Waals surface area contributed by atoms with E-state index in [0.29, 0.717) is 49.7 Å². The van der Waals surface area contributed by atoms with Gasteiger partial charge in [0.1, 0.15) is 0 Å². The van der Waals surface area contributed by atoms with Crippen LogP contribution in [-0.2, 0) is 0 Å². The highest BCUT2D eigenvalue weighted by Crippen LogP contribution is 2.33. The maximum absolute atomic E-state index is 15.8. The van der Waals surface area contributed by atoms with Crippen LogP contribution in [0.5, 0.6) is 0 Å². The maximum atomic E-state index is 15.8. The Morgan fingerprint density at radius 3 is 2.64 bits per heavy atom. The van der Waals surface area contributed by atoms with Crippen LogP contribution in [0.3, 0.4) is 0 Å². The molecular weight excluding hydrogens is 463 g/mol. The minimum Gasteiger partial charge on any atom is -0.465 e. The molecule has 0 spiro atoms. The lowest BCUT2D eigenvalue weighted by molar-refractivity contribution is 0.187. The summed E-state index contributed by atoms with van der Waals surface area (Å²) in [5.41, 5.74) is 1.53. The summed E-state index contributed by atoms with van der Waals surface area (Å²) in [6, 6.07) is 7.87. The molecule has 4 heterocycles. The van der Waals surface area contributed by atoms with Crippen LogP contribution in [0.2, 0.25) is 0 Å². The van der Waals surface area contributed by atoms with E-state index in [1.165, 1.54) is 0 Å². The average molecular weight is 493 g/mol. The fourth-order valence-corrected chi connectivity index (χ4v) is 5.21. The summed E-state index contributed by atoms with van der Waals surface area (Å²) >= 11 is 0. The predicted molar refractivity (Wildman–Crippen MR) is 132 cm³/mol. The number of nitrogens with one attached hydrogen (secondary N) is 2. The number of carbonyl (C=O) groups is 1. The van der Waals surface area contributed by atoms with E-state index in [4.69, 9.17) is 10.4 Å². The number of pyridine rings is 1. The van der Waals surface area contributed by atoms with E-state index in [1.54, 1.807) is 10.7 Å². The fourth-order valence-electron chi connectivity index (χ4n) is 5.21. The summed E-state index contributed by atoms with van der Waals surface area (Å²) in [5.74, 6) is 0.663. The van der Waals surface area contributed by atoms with Gasteiger partial charge in [-0.15, -0.1) is 0 Å². The highest BCUT2D eigenvalue weighted by molar-refractivity contribution is 5.77. The van der Waals surface area contributed by atoms with Crippen molar-refractivity contribution in [3.8, 4) is 17.5 Å². The number of fused-ring (bicyclic) bond motifs is 1. The van der Waals surface area contributed by atoms with Gasteiger partial charge in [-0.25, -0.2) is 19.3 Å². The zero-order valence-electron chi connectivity index (χ0n) is 19.9. The Balaban J connectivity index is 1.45. The van der Waals surface area contributed by atoms with Crippen LogP contribution in [0.15, 0.2) is 30.6 Å². The van der Waals surface area contributed by atoms with Crippen LogP contribution in [0, 0.1) is 23.1 Å². The molecule has 11 heteroatoms. The van der Waals surface area contributed by atoms with E-state index < -0.39 is 11.9 Å². The molecule has 36 heavy (non-hydrogen) atoms. The Morgan fingerprint density at radius 2 is 1.92 bits per heavy atom. The number of amides is 1. The predicted octanol–water partition coefficient (Wildman–Crippen LogP) is 4.05. The average Bonchev–Trinajstić information content (AvgIpc) is 3.31. The van der Waals surface area contributed by atoms with Crippen LogP contribution in [0.25, 0.3) is 16.9 Å². The van der Waals surface area contributed by atoms with Crippen molar-refractivity contribution < 1.29 is 14.3 Å². The molecule has 5 rings (SSSR count). The first-order chi connectivity index (χ1) is 17.5. The highest BCUT2D eigenvalue weighted by atomic mass is 19.1. The van der Waals surface area contributed by atoms with Gasteiger partial charge >= 0.3 is 6.09 Å². The van der Waals surface area contributed by atoms with Gasteiger partial charge in [-0.3, -0.25) is 0 Å². The third kappa shape index (κ3) is 5.03. The van der Waals surface area contributed by atoms with Crippen LogP contribution in [-0.4, -0.2) is 56.0 Å². The van der Waals surface area contributed by atoms with E-state index in [1.807, 2.05) is 29.3 Å². The van der Waals surface area contributed by atoms with Gasteiger partial charge in [0.2, 0.25) is 5.82 Å². The van der Waals surface area contributed by atoms with Crippen molar-refractivity contribution in [1.29, 1.82) is 5.26 Å². The van der Waals surface area contributed by atoms with Gasteiger partial charge in [0.15, 0.2) is 17.5 Å². The van der Waals surface area contributed by atoms with Gasteiger partial charge in [-0.2, -0.15) is 14.8 Å². The van der Waals surface area contributed by atoms with Crippen molar-refractivity contribution >= 4 is 23.2 Å². The number of nitriles is 1. The molecule has 0 atom stereocenters. The molecule has 1 aliphatic carbocycles. The number of halogens is 1. The number of aromatic nitrogens is 4. The molecule has 2 fully saturated rings. The molecule has 10 nitrogen and oxygen atoms in total. The van der Waals surface area contributed by atoms with Gasteiger partial charge in [-0.05, 0) is 56.6 Å². The van der Waals surface area contributed by atoms with E-state index in [0.717, 1.165) is 31.2 Å². The van der Waals surface area contributed by atoms with Crippen molar-refractivity contribution in [1.82, 2.24) is 24.9 Å². The molecule has 3 N–H and O–H groups in total. The normalized spacial score (nSPS) is 20.7. The van der Waals surface area contributed by atoms with Crippen LogP contribution in [0.4, 0.5) is 20.8 Å². The first kappa shape index (κ1) is 23.8. The molecule has 1 aliphatic heterocycles. The Labute approximate surface area is 208 Å². The number of carboxylic acid groups (broad SMARTS) is 1. The number of rotatable bonds is 6. The maximum Gasteiger partial charge on any atom is 0.404 e. The van der Waals surface area contributed by atoms with Crippen molar-refractivity contribution in [3.05, 3.63) is 36.4 Å². The second kappa shape index (κ2) is 10.4. The van der Waals surface area contributed by atoms with Crippen molar-refractivity contribution in [2.75, 3.05) is 23.3 Å². The molecular formula is C25H29FN8O2. The van der Waals surface area contributed by atoms with Gasteiger partial charge in [-0.1, -0.05) is 6.07 Å². The lowest BCUT2D eigenvalue weighted by Crippen LogP contribution is -2.44. The summed E-state index contributed by atoms with van der Waals surface area (Å²) < 4.78 is 17.6. The fraction of sp³-hybridized carbons (Fsp3) is 0.480. The quantitative estimate of drug-likeness (QED) is 0.470. The zero-order valence-corrected chi connectivity index (χ0v) is 19.9. The Bertz CT molecular complexity index is 1270. The first-order valence-corrected chi connectivity index (χ1v) is 12.4. The largest absolute Gasteiger partial charge is 0.465 e. The number of anilines is 2. The van der Waals surface area contributed by atoms with Crippen LogP contribution < -0.4 is 15.5 Å². The molecule has 1 saturated carbocycles. The second-order valence-corrected chi connectivity index (χ2v) is 9.56. The van der Waals surface area contributed by atoms with Gasteiger partial charge in [0.25, 0.3) is 0 Å². The lowest BCUT2D eigenvalue weighted by Gasteiger charge is -2.33. The summed E-state index contributed by atoms with van der Waals surface area (Å²) in [5, 5.41) is 28.2. The number of hydrogen-bond donors (Lipinski definition) is 3. The Morgan fingerprint density at radius 1 is 1.14 bits per heavy atom. The molecule has 188 valence electrons. The van der Waals surface area contributed by atoms with Crippen LogP contribution >= 0.6 is 0 Å². The summed E-state index contributed by atoms with van der Waals surface area (Å²) in [4.78, 5) is 22.1. The molecule has 3 aromatic heterocycles. The Kier molecular flexibility index (Phi) is 6.84. The van der Waals surface area contributed by atoms with Crippen LogP contribution in [0.1, 0.15) is 44.9 Å². The molecule has 1 saturated heterocycles. The third-order valence-corrected chi connectivity index (χ3v) is 7.19. The van der Waals surface area contributed by atoms with Crippen molar-refractivity contribution in [2.24, 2.45) is 5.92 Å². The molecule has 1 amide bonds. The van der Waals surface area contributed by atoms with E-state index in [2.05, 4.69) is 31.8 Å². The second-order valence-electron chi connectivity index (χ2n) is 9.56. The van der Waals surface area contributed by atoms with Gasteiger partial charge in [0.05, 0.1) is 23.3 Å². The summed E-state index contributed by atoms with van der Waals surface area (Å²) in [6.07, 6.45) is 7.71. The molecule has 0 radical (unpaired) electrons. The number of nitrogens with zero attached hydrogens (tertiary/aromatic N) is 6. The highest BCUT2D eigenvalue weighted by Gasteiger charge is 2.28. The van der Waals surface area contributed by atoms with Crippen molar-refractivity contribution in [3.63, 3.8) is 0 Å². The molecule has 3 aromatic rings. The Hall–Kier alpha value is -3.94. The van der Waals surface area contributed by atoms with E-state index in [-0.39, 0.29) is 23.7 Å². The van der Waals surface area contributed by atoms with Crippen molar-refractivity contribution in [2.45, 2.75) is 57.0 Å². The number of piperidine rings is 1. The van der Waals surface area contributed by atoms with Gasteiger partial charge < -0.3 is 20.6 Å². The lowest BCUT2D eigenvalue weighted by atomic mass is 9.84. The third-order valence-electron chi connectivity index (χ3n) is 7.19. The zero-order chi connectivity index (χ0) is 25.1. The monoisotopic (exact) mass is 492 g/mol. The molecule has 0 bridgehead atoms. The smallest absolute Gasteiger partial charge is 0.404 e. The first-order valence-electron chi connectivity index (χ1n) is 12.4. The topological polar surface area (TPSA) is 131 Å². The minimum absolute atomic E-state index is 0.0689. The molecule has 0 unspecified atom stereocenters.